The van der Waals surface area contributed by atoms with Crippen LogP contribution in [0.15, 0.2) is 24.3 Å². The van der Waals surface area contributed by atoms with Crippen molar-refractivity contribution in [2.45, 2.75) is 143 Å². The Morgan fingerprint density at radius 2 is 1.13 bits per heavy atom. The topological polar surface area (TPSA) is 131 Å². The molecule has 10 heteroatoms. The number of anilines is 1. The third-order valence-electron chi connectivity index (χ3n) is 7.86. The van der Waals surface area contributed by atoms with Gasteiger partial charge in [0, 0.05) is 45.4 Å². The number of ketones is 1. The smallest absolute Gasteiger partial charge is 0.234 e. The van der Waals surface area contributed by atoms with Crippen LogP contribution in [0, 0.1) is 0 Å². The molecule has 0 radical (unpaired) electrons. The summed E-state index contributed by atoms with van der Waals surface area (Å²) >= 11 is 0. The summed E-state index contributed by atoms with van der Waals surface area (Å²) in [6, 6.07) is 6.50. The summed E-state index contributed by atoms with van der Waals surface area (Å²) in [7, 11) is 0. The molecule has 0 spiro atoms. The number of phenolic OH excluding ortho intramolecular Hbond substituents is 1. The van der Waals surface area contributed by atoms with Crippen LogP contribution in [-0.4, -0.2) is 64.8 Å². The Labute approximate surface area is 278 Å². The molecule has 2 fully saturated rings. The van der Waals surface area contributed by atoms with Crippen LogP contribution in [0.5, 0.6) is 5.75 Å². The van der Waals surface area contributed by atoms with Crippen molar-refractivity contribution >= 4 is 29.2 Å². The van der Waals surface area contributed by atoms with Crippen molar-refractivity contribution in [3.8, 4) is 5.75 Å². The standard InChI is InChI=1S/C18H27NO3.2C9H18N2O/c1-2-3-4-5-6-7-8-11-15(20)14-18(22)19-16-12-9-10-13-17(16)21;1-2-6-9(12)10-11-7-4-3-5-8-11;1-2-3-6-9(12)10-11-7-4-5-8-11/h9-10,12-13,21H,2-8,11,14H2,1H3,(H,19,22);2*2-8H2,1H3,(H,10,12). The largest absolute Gasteiger partial charge is 0.506 e. The maximum atomic E-state index is 11.7. The number of Topliss-reactive ketones (excluding diaryl/α,β-unsaturated/α-hetero) is 1. The molecule has 0 aliphatic carbocycles. The molecule has 0 saturated carbocycles. The normalized spacial score (nSPS) is 14.7. The Hall–Kier alpha value is -2.98. The van der Waals surface area contributed by atoms with Crippen LogP contribution < -0.4 is 16.2 Å². The van der Waals surface area contributed by atoms with E-state index in [0.717, 1.165) is 64.7 Å². The highest BCUT2D eigenvalue weighted by Crippen LogP contribution is 2.21. The number of rotatable bonds is 18. The Kier molecular flexibility index (Phi) is 24.2. The molecule has 2 aliphatic heterocycles. The Morgan fingerprint density at radius 1 is 0.609 bits per heavy atom. The Bertz CT molecular complexity index is 977. The molecule has 262 valence electrons. The van der Waals surface area contributed by atoms with E-state index >= 15 is 0 Å². The lowest BCUT2D eigenvalue weighted by Gasteiger charge is -2.26. The van der Waals surface area contributed by atoms with Crippen molar-refractivity contribution in [2.24, 2.45) is 0 Å². The number of hydrogen-bond acceptors (Lipinski definition) is 7. The first kappa shape index (κ1) is 41.0. The molecule has 3 rings (SSSR count). The van der Waals surface area contributed by atoms with E-state index in [1.54, 1.807) is 18.2 Å². The lowest BCUT2D eigenvalue weighted by Crippen LogP contribution is -2.44. The first-order valence-corrected chi connectivity index (χ1v) is 18.0. The zero-order chi connectivity index (χ0) is 33.8. The van der Waals surface area contributed by atoms with Gasteiger partial charge in [-0.15, -0.1) is 0 Å². The van der Waals surface area contributed by atoms with Gasteiger partial charge in [-0.2, -0.15) is 0 Å². The second kappa shape index (κ2) is 27.2. The molecule has 2 saturated heterocycles. The number of phenols is 1. The highest BCUT2D eigenvalue weighted by atomic mass is 16.3. The number of amides is 3. The van der Waals surface area contributed by atoms with Gasteiger partial charge in [0.2, 0.25) is 17.7 Å². The predicted molar refractivity (Wildman–Crippen MR) is 186 cm³/mol. The van der Waals surface area contributed by atoms with Crippen molar-refractivity contribution in [3.05, 3.63) is 24.3 Å². The van der Waals surface area contributed by atoms with E-state index in [1.165, 1.54) is 63.9 Å². The molecule has 0 aromatic heterocycles. The summed E-state index contributed by atoms with van der Waals surface area (Å²) in [5, 5.41) is 16.2. The fraction of sp³-hybridized carbons (Fsp3) is 0.722. The van der Waals surface area contributed by atoms with Crippen molar-refractivity contribution in [1.29, 1.82) is 0 Å². The van der Waals surface area contributed by atoms with E-state index in [1.807, 2.05) is 16.9 Å². The van der Waals surface area contributed by atoms with Crippen LogP contribution >= 0.6 is 0 Å². The van der Waals surface area contributed by atoms with E-state index in [4.69, 9.17) is 0 Å². The van der Waals surface area contributed by atoms with Gasteiger partial charge >= 0.3 is 0 Å². The molecule has 2 aliphatic rings. The number of carbonyl (C=O) groups is 4. The Morgan fingerprint density at radius 3 is 1.70 bits per heavy atom. The fourth-order valence-electron chi connectivity index (χ4n) is 5.18. The van der Waals surface area contributed by atoms with Gasteiger partial charge in [-0.05, 0) is 57.1 Å². The van der Waals surface area contributed by atoms with Gasteiger partial charge in [-0.3, -0.25) is 30.0 Å². The van der Waals surface area contributed by atoms with Crippen LogP contribution in [0.2, 0.25) is 0 Å². The summed E-state index contributed by atoms with van der Waals surface area (Å²) in [6.07, 6.45) is 18.9. The lowest BCUT2D eigenvalue weighted by molar-refractivity contribution is -0.127. The Balaban J connectivity index is 0.000000373. The van der Waals surface area contributed by atoms with Crippen molar-refractivity contribution in [1.82, 2.24) is 20.9 Å². The molecule has 10 nitrogen and oxygen atoms in total. The van der Waals surface area contributed by atoms with Crippen LogP contribution in [0.3, 0.4) is 0 Å². The number of piperidine rings is 1. The molecule has 0 atom stereocenters. The molecule has 3 amide bonds. The number of carbonyl (C=O) groups excluding carboxylic acids is 4. The molecule has 46 heavy (non-hydrogen) atoms. The summed E-state index contributed by atoms with van der Waals surface area (Å²) in [4.78, 5) is 45.8. The number of aromatic hydroxyl groups is 1. The van der Waals surface area contributed by atoms with E-state index in [2.05, 4.69) is 30.0 Å². The summed E-state index contributed by atoms with van der Waals surface area (Å²) in [5.74, 6) is -0.0514. The maximum absolute atomic E-state index is 11.7. The average Bonchev–Trinajstić information content (AvgIpc) is 3.55. The summed E-state index contributed by atoms with van der Waals surface area (Å²) < 4.78 is 0. The summed E-state index contributed by atoms with van der Waals surface area (Å²) in [5.41, 5.74) is 6.17. The van der Waals surface area contributed by atoms with Gasteiger partial charge in [0.05, 0.1) is 12.1 Å². The van der Waals surface area contributed by atoms with Crippen molar-refractivity contribution in [3.63, 3.8) is 0 Å². The maximum Gasteiger partial charge on any atom is 0.234 e. The lowest BCUT2D eigenvalue weighted by atomic mass is 10.1. The number of nitrogens with one attached hydrogen (secondary N) is 3. The average molecular weight is 646 g/mol. The zero-order valence-corrected chi connectivity index (χ0v) is 29.0. The van der Waals surface area contributed by atoms with E-state index < -0.39 is 0 Å². The molecule has 1 aromatic carbocycles. The number of para-hydroxylation sites is 2. The minimum Gasteiger partial charge on any atom is -0.506 e. The summed E-state index contributed by atoms with van der Waals surface area (Å²) in [6.45, 7) is 10.4. The van der Waals surface area contributed by atoms with E-state index in [0.29, 0.717) is 24.9 Å². The number of hydrazine groups is 2. The number of hydrogen-bond donors (Lipinski definition) is 4. The third kappa shape index (κ3) is 21.7. The van der Waals surface area contributed by atoms with Gasteiger partial charge < -0.3 is 10.4 Å². The zero-order valence-electron chi connectivity index (χ0n) is 29.0. The second-order valence-corrected chi connectivity index (χ2v) is 12.3. The first-order valence-electron chi connectivity index (χ1n) is 18.0. The molecular weight excluding hydrogens is 582 g/mol. The minimum atomic E-state index is -0.366. The van der Waals surface area contributed by atoms with Crippen LogP contribution in [0.1, 0.15) is 143 Å². The molecule has 2 heterocycles. The van der Waals surface area contributed by atoms with Crippen LogP contribution in [0.4, 0.5) is 5.69 Å². The molecule has 0 unspecified atom stereocenters. The number of unbranched alkanes of at least 4 members (excludes halogenated alkanes) is 7. The monoisotopic (exact) mass is 645 g/mol. The second-order valence-electron chi connectivity index (χ2n) is 12.3. The van der Waals surface area contributed by atoms with Crippen LogP contribution in [0.25, 0.3) is 0 Å². The van der Waals surface area contributed by atoms with Gasteiger partial charge in [0.15, 0.2) is 0 Å². The van der Waals surface area contributed by atoms with E-state index in [-0.39, 0.29) is 35.7 Å². The predicted octanol–water partition coefficient (Wildman–Crippen LogP) is 7.04. The first-order chi connectivity index (χ1) is 22.3. The molecule has 0 bridgehead atoms. The fourth-order valence-corrected chi connectivity index (χ4v) is 5.18. The minimum absolute atomic E-state index is 0.00961. The van der Waals surface area contributed by atoms with Crippen molar-refractivity contribution in [2.75, 3.05) is 31.5 Å². The van der Waals surface area contributed by atoms with Crippen LogP contribution in [-0.2, 0) is 19.2 Å². The van der Waals surface area contributed by atoms with Gasteiger partial charge in [-0.25, -0.2) is 10.0 Å². The SMILES string of the molecule is CCCC(=O)NN1CCCCC1.CCCCC(=O)NN1CCCC1.CCCCCCCCCC(=O)CC(=O)Nc1ccccc1O. The number of benzene rings is 1. The highest BCUT2D eigenvalue weighted by molar-refractivity contribution is 6.04. The quantitative estimate of drug-likeness (QED) is 0.0765. The van der Waals surface area contributed by atoms with Crippen molar-refractivity contribution < 1.29 is 24.3 Å². The number of nitrogens with zero attached hydrogens (tertiary/aromatic N) is 2. The van der Waals surface area contributed by atoms with E-state index in [9.17, 15) is 24.3 Å². The molecule has 1 aromatic rings. The van der Waals surface area contributed by atoms with Gasteiger partial charge in [0.1, 0.15) is 11.5 Å². The highest BCUT2D eigenvalue weighted by Gasteiger charge is 2.14. The molecular formula is C36H63N5O5. The van der Waals surface area contributed by atoms with Gasteiger partial charge in [-0.1, -0.05) is 84.3 Å². The van der Waals surface area contributed by atoms with Gasteiger partial charge in [0.25, 0.3) is 0 Å². The molecule has 4 N–H and O–H groups in total. The third-order valence-corrected chi connectivity index (χ3v) is 7.86.